The fourth-order valence-corrected chi connectivity index (χ4v) is 5.95. The molecule has 2 aliphatic rings. The predicted molar refractivity (Wildman–Crippen MR) is 98.9 cm³/mol. The second kappa shape index (κ2) is 7.64. The van der Waals surface area contributed by atoms with E-state index in [2.05, 4.69) is 5.32 Å². The predicted octanol–water partition coefficient (Wildman–Crippen LogP) is 2.70. The van der Waals surface area contributed by atoms with E-state index in [0.717, 1.165) is 19.3 Å². The van der Waals surface area contributed by atoms with Gasteiger partial charge in [0.05, 0.1) is 5.75 Å². The molecule has 1 aliphatic carbocycles. The third-order valence-corrected chi connectivity index (χ3v) is 7.44. The minimum atomic E-state index is -3.22. The van der Waals surface area contributed by atoms with Gasteiger partial charge in [-0.15, -0.1) is 0 Å². The van der Waals surface area contributed by atoms with Crippen LogP contribution in [0.2, 0.25) is 0 Å². The number of carbonyl (C=O) groups is 1. The highest BCUT2D eigenvalue weighted by Crippen LogP contribution is 2.38. The van der Waals surface area contributed by atoms with Crippen LogP contribution in [0.3, 0.4) is 0 Å². The summed E-state index contributed by atoms with van der Waals surface area (Å²) in [6, 6.07) is 4.27. The first-order valence-electron chi connectivity index (χ1n) is 9.36. The Labute approximate surface area is 155 Å². The number of rotatable bonds is 6. The number of unbranched alkanes of at least 4 members (excludes halogenated alkanes) is 1. The molecule has 144 valence electrons. The highest BCUT2D eigenvalue weighted by Gasteiger charge is 2.45. The lowest BCUT2D eigenvalue weighted by atomic mass is 9.93. The first-order chi connectivity index (χ1) is 12.3. The van der Waals surface area contributed by atoms with Crippen molar-refractivity contribution in [3.8, 4) is 0 Å². The molecule has 1 N–H and O–H groups in total. The molecule has 1 aromatic carbocycles. The van der Waals surface area contributed by atoms with Gasteiger partial charge >= 0.3 is 0 Å². The molecule has 3 rings (SSSR count). The number of amides is 1. The molecule has 2 bridgehead atoms. The zero-order valence-electron chi connectivity index (χ0n) is 15.4. The van der Waals surface area contributed by atoms with Gasteiger partial charge in [-0.05, 0) is 61.8 Å². The number of sulfonamides is 1. The quantitative estimate of drug-likeness (QED) is 0.823. The van der Waals surface area contributed by atoms with E-state index in [-0.39, 0.29) is 29.5 Å². The number of hydrogen-bond donors (Lipinski definition) is 1. The number of hydrogen-bond acceptors (Lipinski definition) is 3. The average molecular weight is 383 g/mol. The van der Waals surface area contributed by atoms with E-state index in [9.17, 15) is 17.6 Å². The molecule has 1 aliphatic heterocycles. The van der Waals surface area contributed by atoms with Crippen LogP contribution in [0.1, 0.15) is 48.5 Å². The summed E-state index contributed by atoms with van der Waals surface area (Å²) < 4.78 is 40.1. The Morgan fingerprint density at radius 1 is 1.23 bits per heavy atom. The number of nitrogens with zero attached hydrogens (tertiary/aromatic N) is 1. The van der Waals surface area contributed by atoms with E-state index < -0.39 is 15.8 Å². The molecule has 1 saturated heterocycles. The van der Waals surface area contributed by atoms with Crippen LogP contribution in [0.5, 0.6) is 0 Å². The third kappa shape index (κ3) is 4.09. The Balaban J connectivity index is 1.68. The molecule has 0 spiro atoms. The Bertz CT molecular complexity index is 747. The molecular formula is C19H27FN2O3S. The van der Waals surface area contributed by atoms with Crippen LogP contribution in [0.25, 0.3) is 0 Å². The van der Waals surface area contributed by atoms with Crippen LogP contribution in [-0.2, 0) is 10.0 Å². The van der Waals surface area contributed by atoms with Gasteiger partial charge in [0.15, 0.2) is 0 Å². The van der Waals surface area contributed by atoms with E-state index in [1.165, 1.54) is 12.1 Å². The fraction of sp³-hybridized carbons (Fsp3) is 0.632. The number of carbonyl (C=O) groups excluding carboxylic acids is 1. The summed E-state index contributed by atoms with van der Waals surface area (Å²) >= 11 is 0. The van der Waals surface area contributed by atoms with Crippen LogP contribution in [0.4, 0.5) is 4.39 Å². The van der Waals surface area contributed by atoms with Crippen molar-refractivity contribution in [3.05, 3.63) is 35.1 Å². The Kier molecular flexibility index (Phi) is 5.67. The standard InChI is InChI=1S/C19H27FN2O3S/c1-3-4-7-26(24,25)22-11-14-5-6-15(12-22)18(14)21-19(23)16-8-13(2)9-17(20)10-16/h8-10,14-15,18H,3-7,11-12H2,1-2H3,(H,21,23)/t14-,15+,18?. The highest BCUT2D eigenvalue weighted by atomic mass is 32.2. The van der Waals surface area contributed by atoms with Crippen molar-refractivity contribution in [2.75, 3.05) is 18.8 Å². The van der Waals surface area contributed by atoms with Gasteiger partial charge in [-0.2, -0.15) is 0 Å². The van der Waals surface area contributed by atoms with Crippen molar-refractivity contribution in [3.63, 3.8) is 0 Å². The lowest BCUT2D eigenvalue weighted by molar-refractivity contribution is 0.0887. The molecule has 1 aromatic rings. The fourth-order valence-electron chi connectivity index (χ4n) is 4.20. The summed E-state index contributed by atoms with van der Waals surface area (Å²) in [4.78, 5) is 12.5. The van der Waals surface area contributed by atoms with E-state index in [0.29, 0.717) is 30.6 Å². The molecule has 26 heavy (non-hydrogen) atoms. The third-order valence-electron chi connectivity index (χ3n) is 5.55. The molecule has 7 heteroatoms. The Hall–Kier alpha value is -1.47. The van der Waals surface area contributed by atoms with Crippen LogP contribution in [0.15, 0.2) is 18.2 Å². The minimum absolute atomic E-state index is 0.0382. The molecule has 2 fully saturated rings. The number of nitrogens with one attached hydrogen (secondary N) is 1. The zero-order valence-corrected chi connectivity index (χ0v) is 16.2. The maximum absolute atomic E-state index is 13.6. The van der Waals surface area contributed by atoms with Crippen LogP contribution < -0.4 is 5.32 Å². The lowest BCUT2D eigenvalue weighted by Gasteiger charge is -2.37. The van der Waals surface area contributed by atoms with Crippen LogP contribution in [0, 0.1) is 24.6 Å². The molecule has 1 heterocycles. The summed E-state index contributed by atoms with van der Waals surface area (Å²) in [7, 11) is -3.22. The summed E-state index contributed by atoms with van der Waals surface area (Å²) in [5.74, 6) is -0.248. The molecule has 1 saturated carbocycles. The molecule has 5 nitrogen and oxygen atoms in total. The van der Waals surface area contributed by atoms with Gasteiger partial charge in [-0.3, -0.25) is 4.79 Å². The number of halogens is 1. The van der Waals surface area contributed by atoms with Crippen molar-refractivity contribution in [2.24, 2.45) is 11.8 Å². The number of benzene rings is 1. The van der Waals surface area contributed by atoms with Crippen molar-refractivity contribution in [2.45, 2.75) is 45.6 Å². The molecule has 3 atom stereocenters. The van der Waals surface area contributed by atoms with Gasteiger partial charge < -0.3 is 5.32 Å². The van der Waals surface area contributed by atoms with E-state index in [4.69, 9.17) is 0 Å². The summed E-state index contributed by atoms with van der Waals surface area (Å²) in [5.41, 5.74) is 1.02. The van der Waals surface area contributed by atoms with Crippen molar-refractivity contribution < 1.29 is 17.6 Å². The topological polar surface area (TPSA) is 66.5 Å². The van der Waals surface area contributed by atoms with Crippen molar-refractivity contribution in [1.29, 1.82) is 0 Å². The van der Waals surface area contributed by atoms with E-state index >= 15 is 0 Å². The van der Waals surface area contributed by atoms with Crippen molar-refractivity contribution in [1.82, 2.24) is 9.62 Å². The SMILES string of the molecule is CCCCS(=O)(=O)N1C[C@H]2CC[C@@H](C1)C2NC(=O)c1cc(C)cc(F)c1. The number of piperidine rings is 1. The first-order valence-corrected chi connectivity index (χ1v) is 11.0. The first kappa shape index (κ1) is 19.3. The minimum Gasteiger partial charge on any atom is -0.349 e. The zero-order chi connectivity index (χ0) is 18.9. The molecule has 0 radical (unpaired) electrons. The van der Waals surface area contributed by atoms with Gasteiger partial charge in [0.25, 0.3) is 5.91 Å². The van der Waals surface area contributed by atoms with Gasteiger partial charge in [0.1, 0.15) is 5.82 Å². The molecule has 0 aromatic heterocycles. The second-order valence-corrected chi connectivity index (χ2v) is 9.69. The normalized spacial score (nSPS) is 26.0. The van der Waals surface area contributed by atoms with Gasteiger partial charge in [0, 0.05) is 24.7 Å². The highest BCUT2D eigenvalue weighted by molar-refractivity contribution is 7.89. The lowest BCUT2D eigenvalue weighted by Crippen LogP contribution is -2.54. The molecule has 1 amide bonds. The Morgan fingerprint density at radius 3 is 2.46 bits per heavy atom. The monoisotopic (exact) mass is 382 g/mol. The van der Waals surface area contributed by atoms with Gasteiger partial charge in [-0.1, -0.05) is 13.3 Å². The summed E-state index contributed by atoms with van der Waals surface area (Å²) in [5, 5.41) is 3.04. The molecule has 1 unspecified atom stereocenters. The maximum Gasteiger partial charge on any atom is 0.251 e. The van der Waals surface area contributed by atoms with Crippen molar-refractivity contribution >= 4 is 15.9 Å². The smallest absolute Gasteiger partial charge is 0.251 e. The van der Waals surface area contributed by atoms with E-state index in [1.54, 1.807) is 17.3 Å². The average Bonchev–Trinajstić information content (AvgIpc) is 2.80. The number of fused-ring (bicyclic) bond motifs is 2. The summed E-state index contributed by atoms with van der Waals surface area (Å²) in [6.45, 7) is 4.67. The van der Waals surface area contributed by atoms with Crippen LogP contribution in [-0.4, -0.2) is 43.5 Å². The second-order valence-electron chi connectivity index (χ2n) is 7.60. The maximum atomic E-state index is 13.6. The van der Waals surface area contributed by atoms with Gasteiger partial charge in [0.2, 0.25) is 10.0 Å². The Morgan fingerprint density at radius 2 is 1.88 bits per heavy atom. The van der Waals surface area contributed by atoms with E-state index in [1.807, 2.05) is 6.92 Å². The number of aryl methyl sites for hydroxylation is 1. The van der Waals surface area contributed by atoms with Gasteiger partial charge in [-0.25, -0.2) is 17.1 Å². The molecular weight excluding hydrogens is 355 g/mol. The van der Waals surface area contributed by atoms with Crippen LogP contribution >= 0.6 is 0 Å². The summed E-state index contributed by atoms with van der Waals surface area (Å²) in [6.07, 6.45) is 3.36. The largest absolute Gasteiger partial charge is 0.349 e.